The summed E-state index contributed by atoms with van der Waals surface area (Å²) < 4.78 is 30.9. The van der Waals surface area contributed by atoms with E-state index in [4.69, 9.17) is 5.73 Å². The van der Waals surface area contributed by atoms with Crippen molar-refractivity contribution in [2.75, 3.05) is 16.4 Å². The maximum Gasteiger partial charge on any atom is 0.387 e. The standard InChI is InChI=1S/C23H20F2N6O2/c24-22(25)33-16-10-6-14(7-11-16)30-23(32)29-13-4-8-15(9-5-13)31-18-3-1-2-17(18)19-20(31)21(26)28-12-27-19/h4-12,22H,1-3H2,(H2,26,27,28)(H2,29,30,32). The first-order valence-electron chi connectivity index (χ1n) is 10.4. The fourth-order valence-electron chi connectivity index (χ4n) is 4.19. The van der Waals surface area contributed by atoms with Crippen molar-refractivity contribution in [1.82, 2.24) is 14.5 Å². The number of nitrogens with two attached hydrogens (primary N) is 1. The number of anilines is 3. The van der Waals surface area contributed by atoms with Gasteiger partial charge in [-0.1, -0.05) is 0 Å². The third-order valence-electron chi connectivity index (χ3n) is 5.54. The smallest absolute Gasteiger partial charge is 0.387 e. The Bertz CT molecular complexity index is 1320. The van der Waals surface area contributed by atoms with Crippen molar-refractivity contribution >= 4 is 34.3 Å². The number of halogens is 2. The van der Waals surface area contributed by atoms with E-state index in [1.807, 2.05) is 12.1 Å². The van der Waals surface area contributed by atoms with E-state index < -0.39 is 12.6 Å². The Labute approximate surface area is 187 Å². The van der Waals surface area contributed by atoms with Crippen LogP contribution in [0.15, 0.2) is 54.9 Å². The van der Waals surface area contributed by atoms with Crippen molar-refractivity contribution in [1.29, 1.82) is 0 Å². The summed E-state index contributed by atoms with van der Waals surface area (Å²) >= 11 is 0. The third kappa shape index (κ3) is 4.02. The fraction of sp³-hybridized carbons (Fsp3) is 0.174. The molecule has 8 nitrogen and oxygen atoms in total. The maximum atomic E-state index is 12.3. The molecule has 0 aliphatic heterocycles. The van der Waals surface area contributed by atoms with E-state index in [0.29, 0.717) is 17.2 Å². The number of alkyl halides is 2. The molecule has 10 heteroatoms. The Morgan fingerprint density at radius 3 is 2.33 bits per heavy atom. The fourth-order valence-corrected chi connectivity index (χ4v) is 4.19. The number of aromatic nitrogens is 3. The molecule has 2 aromatic carbocycles. The number of nitrogens with zero attached hydrogens (tertiary/aromatic N) is 3. The van der Waals surface area contributed by atoms with Gasteiger partial charge in [-0.15, -0.1) is 0 Å². The molecular formula is C23H20F2N6O2. The van der Waals surface area contributed by atoms with E-state index in [-0.39, 0.29) is 5.75 Å². The number of fused-ring (bicyclic) bond motifs is 3. The molecule has 0 fully saturated rings. The van der Waals surface area contributed by atoms with Gasteiger partial charge in [0.15, 0.2) is 5.82 Å². The summed E-state index contributed by atoms with van der Waals surface area (Å²) in [6.45, 7) is -2.90. The topological polar surface area (TPSA) is 107 Å². The molecule has 0 saturated carbocycles. The van der Waals surface area contributed by atoms with E-state index in [9.17, 15) is 13.6 Å². The summed E-state index contributed by atoms with van der Waals surface area (Å²) in [5, 5.41) is 5.40. The van der Waals surface area contributed by atoms with Crippen LogP contribution >= 0.6 is 0 Å². The Hall–Kier alpha value is -4.21. The summed E-state index contributed by atoms with van der Waals surface area (Å²) in [4.78, 5) is 20.9. The van der Waals surface area contributed by atoms with E-state index in [2.05, 4.69) is 29.9 Å². The SMILES string of the molecule is Nc1ncnc2c3c(n(-c4ccc(NC(=O)Nc5ccc(OC(F)F)cc5)cc4)c12)CCC3. The molecule has 2 heterocycles. The number of hydrogen-bond acceptors (Lipinski definition) is 5. The minimum Gasteiger partial charge on any atom is -0.435 e. The lowest BCUT2D eigenvalue weighted by atomic mass is 10.2. The Kier molecular flexibility index (Phi) is 5.25. The molecule has 2 aromatic heterocycles. The van der Waals surface area contributed by atoms with Crippen LogP contribution in [-0.2, 0) is 12.8 Å². The number of urea groups is 1. The molecule has 0 saturated heterocycles. The number of hydrogen-bond donors (Lipinski definition) is 3. The summed E-state index contributed by atoms with van der Waals surface area (Å²) in [6.07, 6.45) is 4.46. The number of amides is 2. The molecule has 0 radical (unpaired) electrons. The van der Waals surface area contributed by atoms with Crippen molar-refractivity contribution in [3.63, 3.8) is 0 Å². The van der Waals surface area contributed by atoms with Crippen LogP contribution in [0.25, 0.3) is 16.7 Å². The van der Waals surface area contributed by atoms with Gasteiger partial charge >= 0.3 is 12.6 Å². The van der Waals surface area contributed by atoms with Crippen LogP contribution < -0.4 is 21.1 Å². The lowest BCUT2D eigenvalue weighted by Crippen LogP contribution is -2.19. The second-order valence-electron chi connectivity index (χ2n) is 7.60. The Morgan fingerprint density at radius 1 is 1.00 bits per heavy atom. The molecule has 1 aliphatic carbocycles. The molecule has 168 valence electrons. The highest BCUT2D eigenvalue weighted by Crippen LogP contribution is 2.36. The summed E-state index contributed by atoms with van der Waals surface area (Å²) in [5.74, 6) is 0.447. The number of benzene rings is 2. The maximum absolute atomic E-state index is 12.3. The molecule has 0 atom stereocenters. The highest BCUT2D eigenvalue weighted by Gasteiger charge is 2.25. The lowest BCUT2D eigenvalue weighted by Gasteiger charge is -2.12. The molecule has 0 spiro atoms. The predicted octanol–water partition coefficient (Wildman–Crippen LogP) is 4.74. The van der Waals surface area contributed by atoms with Gasteiger partial charge in [-0.25, -0.2) is 14.8 Å². The van der Waals surface area contributed by atoms with Crippen molar-refractivity contribution in [2.24, 2.45) is 0 Å². The van der Waals surface area contributed by atoms with E-state index in [0.717, 1.165) is 36.0 Å². The highest BCUT2D eigenvalue weighted by molar-refractivity contribution is 6.00. The molecule has 0 bridgehead atoms. The van der Waals surface area contributed by atoms with Crippen LogP contribution in [0, 0.1) is 0 Å². The molecular weight excluding hydrogens is 430 g/mol. The number of carbonyl (C=O) groups excluding carboxylic acids is 1. The minimum absolute atomic E-state index is 0.0154. The number of rotatable bonds is 5. The van der Waals surface area contributed by atoms with E-state index >= 15 is 0 Å². The number of aryl methyl sites for hydroxylation is 1. The number of nitrogen functional groups attached to an aromatic ring is 1. The molecule has 33 heavy (non-hydrogen) atoms. The van der Waals surface area contributed by atoms with Crippen LogP contribution in [0.1, 0.15) is 17.7 Å². The van der Waals surface area contributed by atoms with Crippen molar-refractivity contribution in [2.45, 2.75) is 25.9 Å². The minimum atomic E-state index is -2.90. The zero-order valence-corrected chi connectivity index (χ0v) is 17.4. The van der Waals surface area contributed by atoms with Crippen LogP contribution in [-0.4, -0.2) is 27.2 Å². The van der Waals surface area contributed by atoms with Gasteiger partial charge in [0.25, 0.3) is 0 Å². The molecule has 4 aromatic rings. The first kappa shape index (κ1) is 20.7. The summed E-state index contributed by atoms with van der Waals surface area (Å²) in [7, 11) is 0. The van der Waals surface area contributed by atoms with Crippen LogP contribution in [0.2, 0.25) is 0 Å². The zero-order valence-electron chi connectivity index (χ0n) is 17.4. The zero-order chi connectivity index (χ0) is 22.9. The number of carbonyl (C=O) groups is 1. The largest absolute Gasteiger partial charge is 0.435 e. The van der Waals surface area contributed by atoms with E-state index in [1.165, 1.54) is 41.9 Å². The van der Waals surface area contributed by atoms with Gasteiger partial charge in [-0.3, -0.25) is 0 Å². The van der Waals surface area contributed by atoms with Gasteiger partial charge in [0.2, 0.25) is 0 Å². The normalized spacial score (nSPS) is 12.7. The highest BCUT2D eigenvalue weighted by atomic mass is 19.3. The van der Waals surface area contributed by atoms with Crippen molar-refractivity contribution in [3.8, 4) is 11.4 Å². The Morgan fingerprint density at radius 2 is 1.67 bits per heavy atom. The second kappa shape index (κ2) is 8.38. The summed E-state index contributed by atoms with van der Waals surface area (Å²) in [5.41, 5.74) is 12.2. The molecule has 2 amide bonds. The van der Waals surface area contributed by atoms with Crippen LogP contribution in [0.3, 0.4) is 0 Å². The molecule has 1 aliphatic rings. The quantitative estimate of drug-likeness (QED) is 0.407. The monoisotopic (exact) mass is 450 g/mol. The number of ether oxygens (including phenoxy) is 1. The summed E-state index contributed by atoms with van der Waals surface area (Å²) in [6, 6.07) is 12.6. The Balaban J connectivity index is 1.32. The van der Waals surface area contributed by atoms with E-state index in [1.54, 1.807) is 12.1 Å². The van der Waals surface area contributed by atoms with Gasteiger partial charge in [0.05, 0.1) is 5.52 Å². The van der Waals surface area contributed by atoms with Gasteiger partial charge in [0, 0.05) is 22.8 Å². The second-order valence-corrected chi connectivity index (χ2v) is 7.60. The number of nitrogens with one attached hydrogen (secondary N) is 2. The van der Waals surface area contributed by atoms with Gasteiger partial charge in [-0.2, -0.15) is 8.78 Å². The van der Waals surface area contributed by atoms with Gasteiger partial charge in [0.1, 0.15) is 17.6 Å². The first-order chi connectivity index (χ1) is 16.0. The predicted molar refractivity (Wildman–Crippen MR) is 121 cm³/mol. The third-order valence-corrected chi connectivity index (χ3v) is 5.54. The van der Waals surface area contributed by atoms with Gasteiger partial charge in [-0.05, 0) is 73.4 Å². The average molecular weight is 450 g/mol. The van der Waals surface area contributed by atoms with Crippen LogP contribution in [0.4, 0.5) is 30.8 Å². The van der Waals surface area contributed by atoms with Crippen molar-refractivity contribution in [3.05, 3.63) is 66.1 Å². The molecule has 5 rings (SSSR count). The lowest BCUT2D eigenvalue weighted by molar-refractivity contribution is -0.0498. The average Bonchev–Trinajstić information content (AvgIpc) is 3.37. The molecule has 4 N–H and O–H groups in total. The van der Waals surface area contributed by atoms with Gasteiger partial charge < -0.3 is 25.7 Å². The van der Waals surface area contributed by atoms with Crippen LogP contribution in [0.5, 0.6) is 5.75 Å². The van der Waals surface area contributed by atoms with Crippen molar-refractivity contribution < 1.29 is 18.3 Å². The first-order valence-corrected chi connectivity index (χ1v) is 10.4. The molecule has 0 unspecified atom stereocenters.